The molecule has 0 radical (unpaired) electrons. The molecule has 5 heteroatoms. The minimum atomic E-state index is 0.413. The summed E-state index contributed by atoms with van der Waals surface area (Å²) in [5, 5.41) is 0. The van der Waals surface area contributed by atoms with E-state index in [9.17, 15) is 0 Å². The number of pyridine rings is 1. The zero-order valence-electron chi connectivity index (χ0n) is 9.83. The molecule has 1 aliphatic rings. The molecule has 0 N–H and O–H groups in total. The number of nitrogens with zero attached hydrogens (tertiary/aromatic N) is 4. The van der Waals surface area contributed by atoms with Crippen LogP contribution in [0, 0.1) is 3.57 Å². The lowest BCUT2D eigenvalue weighted by Gasteiger charge is -2.26. The first-order chi connectivity index (χ1) is 8.86. The third-order valence-electron chi connectivity index (χ3n) is 3.26. The minimum Gasteiger partial charge on any atom is -0.349 e. The van der Waals surface area contributed by atoms with E-state index in [0.717, 1.165) is 15.9 Å². The molecule has 0 aliphatic carbocycles. The van der Waals surface area contributed by atoms with Crippen LogP contribution in [-0.2, 0) is 0 Å². The van der Waals surface area contributed by atoms with Crippen LogP contribution < -0.4 is 4.90 Å². The maximum Gasteiger partial charge on any atom is 0.145 e. The maximum absolute atomic E-state index is 4.43. The third kappa shape index (κ3) is 2.19. The van der Waals surface area contributed by atoms with Gasteiger partial charge in [-0.05, 0) is 53.1 Å². The summed E-state index contributed by atoms with van der Waals surface area (Å²) < 4.78 is 1.11. The summed E-state index contributed by atoms with van der Waals surface area (Å²) in [6, 6.07) is 4.60. The lowest BCUT2D eigenvalue weighted by molar-refractivity contribution is 0.707. The number of hydrogen-bond acceptors (Lipinski definition) is 4. The van der Waals surface area contributed by atoms with Gasteiger partial charge in [-0.15, -0.1) is 0 Å². The number of rotatable bonds is 2. The van der Waals surface area contributed by atoms with Gasteiger partial charge in [0.15, 0.2) is 0 Å². The Morgan fingerprint density at radius 2 is 2.06 bits per heavy atom. The molecular weight excluding hydrogens is 339 g/mol. The second-order valence-corrected chi connectivity index (χ2v) is 5.49. The smallest absolute Gasteiger partial charge is 0.145 e. The summed E-state index contributed by atoms with van der Waals surface area (Å²) in [5.74, 6) is 1.05. The molecule has 1 aliphatic heterocycles. The molecule has 3 rings (SSSR count). The van der Waals surface area contributed by atoms with Crippen molar-refractivity contribution < 1.29 is 0 Å². The van der Waals surface area contributed by atoms with Crippen molar-refractivity contribution in [1.29, 1.82) is 0 Å². The van der Waals surface area contributed by atoms with Crippen molar-refractivity contribution in [3.63, 3.8) is 0 Å². The summed E-state index contributed by atoms with van der Waals surface area (Å²) in [6.07, 6.45) is 9.58. The first-order valence-electron chi connectivity index (χ1n) is 5.98. The Bertz CT molecular complexity index is 532. The molecule has 0 spiro atoms. The normalized spacial score (nSPS) is 19.2. The highest BCUT2D eigenvalue weighted by molar-refractivity contribution is 14.1. The second-order valence-electron chi connectivity index (χ2n) is 4.33. The molecule has 1 fully saturated rings. The van der Waals surface area contributed by atoms with Gasteiger partial charge in [0, 0.05) is 25.1 Å². The summed E-state index contributed by atoms with van der Waals surface area (Å²) in [6.45, 7) is 1.06. The molecular formula is C13H13IN4. The predicted octanol–water partition coefficient (Wildman–Crippen LogP) is 2.82. The van der Waals surface area contributed by atoms with Crippen molar-refractivity contribution >= 4 is 28.4 Å². The van der Waals surface area contributed by atoms with Gasteiger partial charge in [-0.25, -0.2) is 9.97 Å². The Hall–Kier alpha value is -1.24. The molecule has 1 atom stereocenters. The Labute approximate surface area is 120 Å². The first kappa shape index (κ1) is 11.8. The summed E-state index contributed by atoms with van der Waals surface area (Å²) in [4.78, 5) is 14.9. The molecule has 1 unspecified atom stereocenters. The zero-order valence-corrected chi connectivity index (χ0v) is 12.0. The Kier molecular flexibility index (Phi) is 3.40. The van der Waals surface area contributed by atoms with Gasteiger partial charge in [0.1, 0.15) is 12.1 Å². The van der Waals surface area contributed by atoms with E-state index in [2.05, 4.69) is 54.6 Å². The Morgan fingerprint density at radius 1 is 1.22 bits per heavy atom. The van der Waals surface area contributed by atoms with E-state index in [0.29, 0.717) is 6.04 Å². The zero-order chi connectivity index (χ0) is 12.4. The van der Waals surface area contributed by atoms with Crippen LogP contribution in [0.25, 0.3) is 0 Å². The van der Waals surface area contributed by atoms with Crippen molar-refractivity contribution in [2.24, 2.45) is 0 Å². The molecule has 1 saturated heterocycles. The highest BCUT2D eigenvalue weighted by Crippen LogP contribution is 2.36. The first-order valence-corrected chi connectivity index (χ1v) is 7.06. The van der Waals surface area contributed by atoms with Gasteiger partial charge in [-0.3, -0.25) is 4.98 Å². The molecule has 2 aromatic rings. The number of aromatic nitrogens is 3. The quantitative estimate of drug-likeness (QED) is 0.780. The number of anilines is 1. The molecule has 18 heavy (non-hydrogen) atoms. The van der Waals surface area contributed by atoms with Gasteiger partial charge in [-0.2, -0.15) is 0 Å². The number of hydrogen-bond donors (Lipinski definition) is 0. The lowest BCUT2D eigenvalue weighted by atomic mass is 10.1. The highest BCUT2D eigenvalue weighted by Gasteiger charge is 2.28. The fourth-order valence-corrected chi connectivity index (χ4v) is 3.08. The predicted molar refractivity (Wildman–Crippen MR) is 78.3 cm³/mol. The van der Waals surface area contributed by atoms with Crippen LogP contribution in [0.4, 0.5) is 5.82 Å². The van der Waals surface area contributed by atoms with Crippen LogP contribution in [0.3, 0.4) is 0 Å². The molecule has 3 heterocycles. The second kappa shape index (κ2) is 5.17. The Morgan fingerprint density at radius 3 is 2.83 bits per heavy atom. The molecule has 92 valence electrons. The van der Waals surface area contributed by atoms with Gasteiger partial charge < -0.3 is 4.90 Å². The van der Waals surface area contributed by atoms with E-state index in [1.807, 2.05) is 18.6 Å². The fraction of sp³-hybridized carbons (Fsp3) is 0.308. The Balaban J connectivity index is 1.95. The van der Waals surface area contributed by atoms with Gasteiger partial charge in [-0.1, -0.05) is 0 Å². The van der Waals surface area contributed by atoms with E-state index in [1.165, 1.54) is 18.4 Å². The van der Waals surface area contributed by atoms with E-state index < -0.39 is 0 Å². The van der Waals surface area contributed by atoms with Crippen LogP contribution in [0.1, 0.15) is 24.4 Å². The molecule has 0 saturated carbocycles. The SMILES string of the molecule is Ic1cncnc1N1CCCC1c1ccncc1. The topological polar surface area (TPSA) is 41.9 Å². The van der Waals surface area contributed by atoms with Crippen LogP contribution in [0.2, 0.25) is 0 Å². The fourth-order valence-electron chi connectivity index (χ4n) is 2.47. The maximum atomic E-state index is 4.43. The molecule has 2 aromatic heterocycles. The molecule has 0 amide bonds. The van der Waals surface area contributed by atoms with Crippen molar-refractivity contribution in [2.45, 2.75) is 18.9 Å². The molecule has 0 bridgehead atoms. The van der Waals surface area contributed by atoms with Gasteiger partial charge in [0.05, 0.1) is 9.61 Å². The summed E-state index contributed by atoms with van der Waals surface area (Å²) in [7, 11) is 0. The lowest BCUT2D eigenvalue weighted by Crippen LogP contribution is -2.24. The van der Waals surface area contributed by atoms with Gasteiger partial charge in [0.2, 0.25) is 0 Å². The van der Waals surface area contributed by atoms with Crippen LogP contribution in [0.15, 0.2) is 37.1 Å². The van der Waals surface area contributed by atoms with E-state index >= 15 is 0 Å². The average Bonchev–Trinajstić information content (AvgIpc) is 2.89. The largest absolute Gasteiger partial charge is 0.349 e. The van der Waals surface area contributed by atoms with E-state index in [4.69, 9.17) is 0 Å². The van der Waals surface area contributed by atoms with Crippen molar-refractivity contribution in [3.8, 4) is 0 Å². The standard InChI is InChI=1S/C13H13IN4/c14-11-8-16-9-17-13(11)18-7-1-2-12(18)10-3-5-15-6-4-10/h3-6,8-9,12H,1-2,7H2. The molecule has 4 nitrogen and oxygen atoms in total. The van der Waals surface area contributed by atoms with Crippen LogP contribution >= 0.6 is 22.6 Å². The van der Waals surface area contributed by atoms with Crippen LogP contribution in [0.5, 0.6) is 0 Å². The van der Waals surface area contributed by atoms with Gasteiger partial charge in [0.25, 0.3) is 0 Å². The highest BCUT2D eigenvalue weighted by atomic mass is 127. The third-order valence-corrected chi connectivity index (χ3v) is 4.02. The molecule has 0 aromatic carbocycles. The van der Waals surface area contributed by atoms with E-state index in [1.54, 1.807) is 6.33 Å². The summed E-state index contributed by atoms with van der Waals surface area (Å²) >= 11 is 2.30. The van der Waals surface area contributed by atoms with Crippen LogP contribution in [-0.4, -0.2) is 21.5 Å². The van der Waals surface area contributed by atoms with Gasteiger partial charge >= 0.3 is 0 Å². The number of halogens is 1. The van der Waals surface area contributed by atoms with E-state index in [-0.39, 0.29) is 0 Å². The monoisotopic (exact) mass is 352 g/mol. The average molecular weight is 352 g/mol. The van der Waals surface area contributed by atoms with Crippen molar-refractivity contribution in [3.05, 3.63) is 46.2 Å². The van der Waals surface area contributed by atoms with Crippen molar-refractivity contribution in [1.82, 2.24) is 15.0 Å². The van der Waals surface area contributed by atoms with Crippen molar-refractivity contribution in [2.75, 3.05) is 11.4 Å². The summed E-state index contributed by atoms with van der Waals surface area (Å²) in [5.41, 5.74) is 1.32. The minimum absolute atomic E-state index is 0.413.